The van der Waals surface area contributed by atoms with Crippen molar-refractivity contribution >= 4 is 17.5 Å². The summed E-state index contributed by atoms with van der Waals surface area (Å²) in [6, 6.07) is 7.58. The van der Waals surface area contributed by atoms with Crippen LogP contribution in [0.15, 0.2) is 30.5 Å². The van der Waals surface area contributed by atoms with Crippen LogP contribution in [0.1, 0.15) is 0 Å². The zero-order valence-electron chi connectivity index (χ0n) is 9.68. The molecule has 92 valence electrons. The second-order valence-corrected chi connectivity index (χ2v) is 4.10. The van der Waals surface area contributed by atoms with Crippen molar-refractivity contribution < 1.29 is 4.79 Å². The van der Waals surface area contributed by atoms with E-state index in [1.807, 2.05) is 24.3 Å². The molecular formula is C12H13N5O. The molecule has 0 atom stereocenters. The van der Waals surface area contributed by atoms with Gasteiger partial charge in [0.25, 0.3) is 0 Å². The maximum Gasteiger partial charge on any atom is 0.322 e. The van der Waals surface area contributed by atoms with Crippen LogP contribution in [-0.2, 0) is 0 Å². The summed E-state index contributed by atoms with van der Waals surface area (Å²) in [6.07, 6.45) is 1.67. The number of nitrogens with zero attached hydrogens (tertiary/aromatic N) is 2. The summed E-state index contributed by atoms with van der Waals surface area (Å²) in [5.41, 5.74) is 8.40. The number of carbonyl (C=O) groups excluding carboxylic acids is 1. The summed E-state index contributed by atoms with van der Waals surface area (Å²) < 4.78 is 0. The third-order valence-corrected chi connectivity index (χ3v) is 3.01. The summed E-state index contributed by atoms with van der Waals surface area (Å²) >= 11 is 0. The third-order valence-electron chi connectivity index (χ3n) is 3.01. The summed E-state index contributed by atoms with van der Waals surface area (Å²) in [5.74, 6) is 0.502. The molecule has 1 aliphatic rings. The van der Waals surface area contributed by atoms with Crippen molar-refractivity contribution in [2.24, 2.45) is 0 Å². The number of H-pyrrole nitrogens is 1. The van der Waals surface area contributed by atoms with Crippen molar-refractivity contribution in [1.82, 2.24) is 15.5 Å². The standard InChI is InChI=1S/C12H13N5O/c13-11-9(7-15-16-11)8-3-1-2-4-10(8)17-6-5-14-12(17)18/h1-4,7H,5-6H2,(H,14,18)(H3,13,15,16). The van der Waals surface area contributed by atoms with Gasteiger partial charge in [0, 0.05) is 24.2 Å². The van der Waals surface area contributed by atoms with Gasteiger partial charge in [-0.05, 0) is 6.07 Å². The molecule has 2 aromatic rings. The minimum absolute atomic E-state index is 0.0792. The van der Waals surface area contributed by atoms with E-state index >= 15 is 0 Å². The number of nitrogens with one attached hydrogen (secondary N) is 2. The normalized spacial score (nSPS) is 14.9. The number of nitrogens with two attached hydrogens (primary N) is 1. The second kappa shape index (κ2) is 4.06. The topological polar surface area (TPSA) is 87.0 Å². The molecule has 6 nitrogen and oxygen atoms in total. The molecule has 3 rings (SSSR count). The predicted molar refractivity (Wildman–Crippen MR) is 69.2 cm³/mol. The molecule has 6 heteroatoms. The number of aromatic amines is 1. The number of hydrogen-bond acceptors (Lipinski definition) is 3. The first kappa shape index (κ1) is 10.6. The fraction of sp³-hybridized carbons (Fsp3) is 0.167. The van der Waals surface area contributed by atoms with Crippen LogP contribution < -0.4 is 16.0 Å². The number of hydrogen-bond donors (Lipinski definition) is 3. The minimum Gasteiger partial charge on any atom is -0.384 e. The quantitative estimate of drug-likeness (QED) is 0.740. The SMILES string of the molecule is Nc1[nH]ncc1-c1ccccc1N1CCNC1=O. The molecule has 1 fully saturated rings. The molecular weight excluding hydrogens is 230 g/mol. The van der Waals surface area contributed by atoms with Gasteiger partial charge in [-0.25, -0.2) is 4.79 Å². The molecule has 1 saturated heterocycles. The fourth-order valence-corrected chi connectivity index (χ4v) is 2.15. The van der Waals surface area contributed by atoms with Crippen LogP contribution in [0.4, 0.5) is 16.3 Å². The first-order chi connectivity index (χ1) is 8.77. The number of anilines is 2. The van der Waals surface area contributed by atoms with Crippen molar-refractivity contribution in [1.29, 1.82) is 0 Å². The summed E-state index contributed by atoms with van der Waals surface area (Å²) in [5, 5.41) is 9.41. The van der Waals surface area contributed by atoms with E-state index in [2.05, 4.69) is 15.5 Å². The average molecular weight is 243 g/mol. The fourth-order valence-electron chi connectivity index (χ4n) is 2.15. The lowest BCUT2D eigenvalue weighted by atomic mass is 10.1. The first-order valence-corrected chi connectivity index (χ1v) is 5.71. The molecule has 18 heavy (non-hydrogen) atoms. The molecule has 0 unspecified atom stereocenters. The molecule has 0 radical (unpaired) electrons. The van der Waals surface area contributed by atoms with Gasteiger partial charge in [-0.15, -0.1) is 0 Å². The lowest BCUT2D eigenvalue weighted by Gasteiger charge is -2.18. The van der Waals surface area contributed by atoms with Gasteiger partial charge < -0.3 is 11.1 Å². The predicted octanol–water partition coefficient (Wildman–Crippen LogP) is 1.19. The van der Waals surface area contributed by atoms with Gasteiger partial charge in [-0.2, -0.15) is 5.10 Å². The van der Waals surface area contributed by atoms with Crippen LogP contribution in [0, 0.1) is 0 Å². The smallest absolute Gasteiger partial charge is 0.322 e. The van der Waals surface area contributed by atoms with E-state index in [0.29, 0.717) is 18.9 Å². The van der Waals surface area contributed by atoms with Crippen LogP contribution in [0.2, 0.25) is 0 Å². The molecule has 4 N–H and O–H groups in total. The van der Waals surface area contributed by atoms with E-state index in [1.54, 1.807) is 11.1 Å². The molecule has 2 heterocycles. The van der Waals surface area contributed by atoms with Gasteiger partial charge in [-0.1, -0.05) is 18.2 Å². The summed E-state index contributed by atoms with van der Waals surface area (Å²) in [7, 11) is 0. The monoisotopic (exact) mass is 243 g/mol. The molecule has 1 aromatic heterocycles. The van der Waals surface area contributed by atoms with Gasteiger partial charge >= 0.3 is 6.03 Å². The van der Waals surface area contributed by atoms with E-state index in [1.165, 1.54) is 0 Å². The van der Waals surface area contributed by atoms with Gasteiger partial charge in [0.05, 0.1) is 11.9 Å². The van der Waals surface area contributed by atoms with Crippen molar-refractivity contribution in [2.75, 3.05) is 23.7 Å². The summed E-state index contributed by atoms with van der Waals surface area (Å²) in [6.45, 7) is 1.32. The molecule has 0 saturated carbocycles. The highest BCUT2D eigenvalue weighted by Crippen LogP contribution is 2.33. The van der Waals surface area contributed by atoms with Gasteiger partial charge in [0.2, 0.25) is 0 Å². The number of benzene rings is 1. The van der Waals surface area contributed by atoms with Crippen molar-refractivity contribution in [3.63, 3.8) is 0 Å². The molecule has 0 aliphatic carbocycles. The maximum atomic E-state index is 11.7. The van der Waals surface area contributed by atoms with E-state index < -0.39 is 0 Å². The zero-order chi connectivity index (χ0) is 12.5. The number of para-hydroxylation sites is 1. The Kier molecular flexibility index (Phi) is 2.40. The number of amides is 2. The Morgan fingerprint density at radius 2 is 2.11 bits per heavy atom. The van der Waals surface area contributed by atoms with Crippen LogP contribution in [0.3, 0.4) is 0 Å². The van der Waals surface area contributed by atoms with E-state index in [0.717, 1.165) is 16.8 Å². The van der Waals surface area contributed by atoms with Crippen molar-refractivity contribution in [2.45, 2.75) is 0 Å². The van der Waals surface area contributed by atoms with Gasteiger partial charge in [0.15, 0.2) is 0 Å². The minimum atomic E-state index is -0.0792. The molecule has 2 amide bonds. The van der Waals surface area contributed by atoms with E-state index in [4.69, 9.17) is 5.73 Å². The lowest BCUT2D eigenvalue weighted by Crippen LogP contribution is -2.28. The molecule has 1 aromatic carbocycles. The Hall–Kier alpha value is -2.50. The molecule has 0 spiro atoms. The average Bonchev–Trinajstić information content (AvgIpc) is 2.98. The highest BCUT2D eigenvalue weighted by molar-refractivity contribution is 5.99. The Balaban J connectivity index is 2.11. The van der Waals surface area contributed by atoms with Crippen LogP contribution in [0.25, 0.3) is 11.1 Å². The Morgan fingerprint density at radius 3 is 2.78 bits per heavy atom. The van der Waals surface area contributed by atoms with E-state index in [-0.39, 0.29) is 6.03 Å². The van der Waals surface area contributed by atoms with Gasteiger partial charge in [-0.3, -0.25) is 10.00 Å². The second-order valence-electron chi connectivity index (χ2n) is 4.10. The number of carbonyl (C=O) groups is 1. The number of rotatable bonds is 2. The molecule has 1 aliphatic heterocycles. The Bertz CT molecular complexity index is 592. The lowest BCUT2D eigenvalue weighted by molar-refractivity contribution is 0.252. The maximum absolute atomic E-state index is 11.7. The molecule has 0 bridgehead atoms. The van der Waals surface area contributed by atoms with Crippen LogP contribution in [0.5, 0.6) is 0 Å². The number of nitrogen functional groups attached to an aromatic ring is 1. The summed E-state index contributed by atoms with van der Waals surface area (Å²) in [4.78, 5) is 13.5. The third kappa shape index (κ3) is 1.58. The highest BCUT2D eigenvalue weighted by atomic mass is 16.2. The van der Waals surface area contributed by atoms with Crippen molar-refractivity contribution in [3.8, 4) is 11.1 Å². The zero-order valence-corrected chi connectivity index (χ0v) is 9.68. The Labute approximate surface area is 104 Å². The van der Waals surface area contributed by atoms with Crippen LogP contribution >= 0.6 is 0 Å². The van der Waals surface area contributed by atoms with E-state index in [9.17, 15) is 4.79 Å². The first-order valence-electron chi connectivity index (χ1n) is 5.71. The largest absolute Gasteiger partial charge is 0.384 e. The van der Waals surface area contributed by atoms with Crippen molar-refractivity contribution in [3.05, 3.63) is 30.5 Å². The highest BCUT2D eigenvalue weighted by Gasteiger charge is 2.24. The van der Waals surface area contributed by atoms with Crippen LogP contribution in [-0.4, -0.2) is 29.3 Å². The van der Waals surface area contributed by atoms with Gasteiger partial charge in [0.1, 0.15) is 5.82 Å². The number of aromatic nitrogens is 2. The number of urea groups is 1. The Morgan fingerprint density at radius 1 is 1.28 bits per heavy atom.